The maximum absolute atomic E-state index is 13.2. The number of carbonyl (C=O) groups is 1. The van der Waals surface area contributed by atoms with Crippen molar-refractivity contribution in [1.82, 2.24) is 14.8 Å². The SMILES string of the molecule is Cn1c(SC(C(=O)Nc2cccc(C(F)(F)F)c2)c2ccccc2)nnc1-c1cccs1. The van der Waals surface area contributed by atoms with Crippen LogP contribution in [0.5, 0.6) is 0 Å². The summed E-state index contributed by atoms with van der Waals surface area (Å²) >= 11 is 2.71. The van der Waals surface area contributed by atoms with Crippen molar-refractivity contribution in [1.29, 1.82) is 0 Å². The lowest BCUT2D eigenvalue weighted by molar-refractivity contribution is -0.137. The number of halogens is 3. The summed E-state index contributed by atoms with van der Waals surface area (Å²) < 4.78 is 40.9. The van der Waals surface area contributed by atoms with Gasteiger partial charge < -0.3 is 9.88 Å². The van der Waals surface area contributed by atoms with E-state index in [2.05, 4.69) is 15.5 Å². The van der Waals surface area contributed by atoms with E-state index in [1.165, 1.54) is 35.2 Å². The Hall–Kier alpha value is -3.11. The highest BCUT2D eigenvalue weighted by atomic mass is 32.2. The van der Waals surface area contributed by atoms with E-state index in [9.17, 15) is 18.0 Å². The Labute approximate surface area is 190 Å². The molecule has 4 rings (SSSR count). The first kappa shape index (κ1) is 22.1. The van der Waals surface area contributed by atoms with E-state index in [4.69, 9.17) is 0 Å². The molecule has 10 heteroatoms. The smallest absolute Gasteiger partial charge is 0.325 e. The fraction of sp³-hybridized carbons (Fsp3) is 0.136. The van der Waals surface area contributed by atoms with Gasteiger partial charge in [0, 0.05) is 12.7 Å². The number of amides is 1. The molecule has 5 nitrogen and oxygen atoms in total. The molecule has 2 heterocycles. The van der Waals surface area contributed by atoms with Crippen LogP contribution in [0.2, 0.25) is 0 Å². The maximum atomic E-state index is 13.2. The zero-order chi connectivity index (χ0) is 22.7. The van der Waals surface area contributed by atoms with E-state index in [1.807, 2.05) is 30.6 Å². The van der Waals surface area contributed by atoms with Gasteiger partial charge in [-0.1, -0.05) is 54.2 Å². The second-order valence-corrected chi connectivity index (χ2v) is 8.84. The predicted octanol–water partition coefficient (Wildman–Crippen LogP) is 6.03. The van der Waals surface area contributed by atoms with Gasteiger partial charge in [0.25, 0.3) is 0 Å². The standard InChI is InChI=1S/C22H17F3N4OS2/c1-29-19(17-11-6-12-31-17)27-28-21(29)32-18(14-7-3-2-4-8-14)20(30)26-16-10-5-9-15(13-16)22(23,24)25/h2-13,18H,1H3,(H,26,30). The van der Waals surface area contributed by atoms with Crippen LogP contribution >= 0.6 is 23.1 Å². The van der Waals surface area contributed by atoms with E-state index in [1.54, 1.807) is 28.8 Å². The van der Waals surface area contributed by atoms with Crippen molar-refractivity contribution in [2.24, 2.45) is 7.05 Å². The summed E-state index contributed by atoms with van der Waals surface area (Å²) in [6.07, 6.45) is -4.49. The van der Waals surface area contributed by atoms with Crippen molar-refractivity contribution in [3.63, 3.8) is 0 Å². The highest BCUT2D eigenvalue weighted by Gasteiger charge is 2.31. The molecule has 0 aliphatic rings. The fourth-order valence-corrected chi connectivity index (χ4v) is 4.77. The molecule has 0 fully saturated rings. The molecular formula is C22H17F3N4OS2. The van der Waals surface area contributed by atoms with Crippen LogP contribution in [-0.2, 0) is 18.0 Å². The molecule has 1 amide bonds. The molecule has 164 valence electrons. The number of aromatic nitrogens is 3. The van der Waals surface area contributed by atoms with Crippen LogP contribution < -0.4 is 5.32 Å². The summed E-state index contributed by atoms with van der Waals surface area (Å²) in [5.74, 6) is 0.216. The molecule has 0 saturated carbocycles. The summed E-state index contributed by atoms with van der Waals surface area (Å²) in [7, 11) is 1.81. The number of anilines is 1. The van der Waals surface area contributed by atoms with Crippen LogP contribution in [0.25, 0.3) is 10.7 Å². The van der Waals surface area contributed by atoms with E-state index in [0.717, 1.165) is 17.0 Å². The van der Waals surface area contributed by atoms with Gasteiger partial charge in [0.1, 0.15) is 5.25 Å². The molecule has 2 aromatic carbocycles. The minimum absolute atomic E-state index is 0.0728. The van der Waals surface area contributed by atoms with Gasteiger partial charge in [-0.3, -0.25) is 4.79 Å². The van der Waals surface area contributed by atoms with Crippen molar-refractivity contribution in [3.05, 3.63) is 83.2 Å². The molecule has 0 radical (unpaired) electrons. The minimum Gasteiger partial charge on any atom is -0.325 e. The van der Waals surface area contributed by atoms with Crippen LogP contribution in [-0.4, -0.2) is 20.7 Å². The number of rotatable bonds is 6. The van der Waals surface area contributed by atoms with Gasteiger partial charge in [0.2, 0.25) is 5.91 Å². The van der Waals surface area contributed by atoms with E-state index >= 15 is 0 Å². The third kappa shape index (κ3) is 4.86. The summed E-state index contributed by atoms with van der Waals surface area (Å²) in [6, 6.07) is 17.4. The van der Waals surface area contributed by atoms with E-state index < -0.39 is 22.9 Å². The Morgan fingerprint density at radius 3 is 2.53 bits per heavy atom. The molecule has 0 spiro atoms. The third-order valence-corrected chi connectivity index (χ3v) is 6.75. The number of hydrogen-bond donors (Lipinski definition) is 1. The van der Waals surface area contributed by atoms with Gasteiger partial charge in [0.05, 0.1) is 10.4 Å². The molecule has 1 unspecified atom stereocenters. The largest absolute Gasteiger partial charge is 0.416 e. The number of thiophene rings is 1. The van der Waals surface area contributed by atoms with Gasteiger partial charge >= 0.3 is 6.18 Å². The van der Waals surface area contributed by atoms with Crippen LogP contribution in [0.3, 0.4) is 0 Å². The van der Waals surface area contributed by atoms with Crippen molar-refractivity contribution in [2.75, 3.05) is 5.32 Å². The predicted molar refractivity (Wildman–Crippen MR) is 119 cm³/mol. The monoisotopic (exact) mass is 474 g/mol. The number of thioether (sulfide) groups is 1. The number of nitrogens with zero attached hydrogens (tertiary/aromatic N) is 3. The first-order valence-corrected chi connectivity index (χ1v) is 11.2. The second kappa shape index (κ2) is 9.17. The topological polar surface area (TPSA) is 59.8 Å². The molecule has 2 aromatic heterocycles. The third-order valence-electron chi connectivity index (χ3n) is 4.60. The highest BCUT2D eigenvalue weighted by molar-refractivity contribution is 8.00. The lowest BCUT2D eigenvalue weighted by Gasteiger charge is -2.17. The summed E-state index contributed by atoms with van der Waals surface area (Å²) in [6.45, 7) is 0. The van der Waals surface area contributed by atoms with Crippen LogP contribution in [0.4, 0.5) is 18.9 Å². The number of benzene rings is 2. The average molecular weight is 475 g/mol. The van der Waals surface area contributed by atoms with Crippen LogP contribution in [0.1, 0.15) is 16.4 Å². The summed E-state index contributed by atoms with van der Waals surface area (Å²) in [5, 5.41) is 12.8. The zero-order valence-electron chi connectivity index (χ0n) is 16.7. The minimum atomic E-state index is -4.49. The average Bonchev–Trinajstić information content (AvgIpc) is 3.42. The van der Waals surface area contributed by atoms with Gasteiger partial charge in [-0.2, -0.15) is 13.2 Å². The quantitative estimate of drug-likeness (QED) is 0.347. The molecule has 1 N–H and O–H groups in total. The number of nitrogens with one attached hydrogen (secondary N) is 1. The molecule has 0 saturated heterocycles. The van der Waals surface area contributed by atoms with Crippen molar-refractivity contribution >= 4 is 34.7 Å². The Morgan fingerprint density at radius 1 is 1.06 bits per heavy atom. The Morgan fingerprint density at radius 2 is 1.84 bits per heavy atom. The molecule has 1 atom stereocenters. The number of carbonyl (C=O) groups excluding carboxylic acids is 1. The van der Waals surface area contributed by atoms with Gasteiger partial charge in [-0.25, -0.2) is 0 Å². The number of hydrogen-bond acceptors (Lipinski definition) is 5. The zero-order valence-corrected chi connectivity index (χ0v) is 18.3. The van der Waals surface area contributed by atoms with Crippen molar-refractivity contribution < 1.29 is 18.0 Å². The van der Waals surface area contributed by atoms with Crippen molar-refractivity contribution in [3.8, 4) is 10.7 Å². The molecule has 4 aromatic rings. The first-order chi connectivity index (χ1) is 15.3. The maximum Gasteiger partial charge on any atom is 0.416 e. The lowest BCUT2D eigenvalue weighted by atomic mass is 10.1. The molecular weight excluding hydrogens is 457 g/mol. The molecule has 32 heavy (non-hydrogen) atoms. The Bertz CT molecular complexity index is 1210. The van der Waals surface area contributed by atoms with Gasteiger partial charge in [-0.05, 0) is 35.2 Å². The van der Waals surface area contributed by atoms with Gasteiger partial charge in [-0.15, -0.1) is 21.5 Å². The second-order valence-electron chi connectivity index (χ2n) is 6.82. The molecule has 0 aliphatic carbocycles. The van der Waals surface area contributed by atoms with Gasteiger partial charge in [0.15, 0.2) is 11.0 Å². The fourth-order valence-electron chi connectivity index (χ4n) is 3.03. The molecule has 0 bridgehead atoms. The first-order valence-electron chi connectivity index (χ1n) is 9.46. The van der Waals surface area contributed by atoms with Crippen LogP contribution in [0, 0.1) is 0 Å². The summed E-state index contributed by atoms with van der Waals surface area (Å²) in [4.78, 5) is 14.1. The normalized spacial score (nSPS) is 12.5. The molecule has 0 aliphatic heterocycles. The highest BCUT2D eigenvalue weighted by Crippen LogP contribution is 2.37. The van der Waals surface area contributed by atoms with Crippen molar-refractivity contribution in [2.45, 2.75) is 16.6 Å². The van der Waals surface area contributed by atoms with Crippen LogP contribution in [0.15, 0.2) is 77.3 Å². The van der Waals surface area contributed by atoms with E-state index in [-0.39, 0.29) is 5.69 Å². The van der Waals surface area contributed by atoms with E-state index in [0.29, 0.717) is 16.5 Å². The number of alkyl halides is 3. The Balaban J connectivity index is 1.62. The Kier molecular flexibility index (Phi) is 6.33. The lowest BCUT2D eigenvalue weighted by Crippen LogP contribution is -2.20. The summed E-state index contributed by atoms with van der Waals surface area (Å²) in [5.41, 5.74) is -0.0562.